The fraction of sp³-hybridized carbons (Fsp3) is 0.571. The Balaban J connectivity index is 3.00. The molecule has 0 amide bonds. The molecule has 0 radical (unpaired) electrons. The van der Waals surface area contributed by atoms with Crippen LogP contribution in [0.15, 0.2) is 18.2 Å². The number of benzene rings is 1. The van der Waals surface area contributed by atoms with Gasteiger partial charge in [0, 0.05) is 0 Å². The van der Waals surface area contributed by atoms with E-state index < -0.39 is 23.0 Å². The van der Waals surface area contributed by atoms with Crippen molar-refractivity contribution < 1.29 is 38.4 Å². The van der Waals surface area contributed by atoms with Gasteiger partial charge in [-0.05, 0) is 0 Å². The molecule has 0 bridgehead atoms. The molecule has 0 aliphatic rings. The molecule has 1 aromatic rings. The van der Waals surface area contributed by atoms with Gasteiger partial charge in [-0.3, -0.25) is 0 Å². The average Bonchev–Trinajstić information content (AvgIpc) is 2.59. The summed E-state index contributed by atoms with van der Waals surface area (Å²) in [5.74, 6) is -1.00. The first-order valence-corrected chi connectivity index (χ1v) is 10.9. The zero-order valence-corrected chi connectivity index (χ0v) is 20.7. The molecule has 0 saturated carbocycles. The SMILES string of the molecule is CC(C)(C)COC(=O)Oc1ccc(C[C@H]([AsH2])C(=O)O)cc1OC(=O)OCC(C)(C)C. The molecular weight excluding hydrogens is 455 g/mol. The van der Waals surface area contributed by atoms with E-state index in [4.69, 9.17) is 24.1 Å². The summed E-state index contributed by atoms with van der Waals surface area (Å²) < 4.78 is 20.0. The van der Waals surface area contributed by atoms with E-state index in [2.05, 4.69) is 0 Å². The first-order chi connectivity index (χ1) is 13.7. The molecule has 0 spiro atoms. The van der Waals surface area contributed by atoms with Crippen molar-refractivity contribution >= 4 is 35.1 Å². The van der Waals surface area contributed by atoms with Gasteiger partial charge in [-0.25, -0.2) is 0 Å². The van der Waals surface area contributed by atoms with Crippen molar-refractivity contribution in [2.45, 2.75) is 52.7 Å². The first kappa shape index (κ1) is 25.8. The molecule has 30 heavy (non-hydrogen) atoms. The van der Waals surface area contributed by atoms with Crippen LogP contribution in [0.3, 0.4) is 0 Å². The molecule has 1 aromatic carbocycles. The zero-order chi connectivity index (χ0) is 23.1. The molecule has 8 nitrogen and oxygen atoms in total. The summed E-state index contributed by atoms with van der Waals surface area (Å²) in [6.07, 6.45) is -1.66. The minimum atomic E-state index is -0.953. The second kappa shape index (κ2) is 10.7. The molecule has 0 aliphatic carbocycles. The maximum atomic E-state index is 12.1. The van der Waals surface area contributed by atoms with E-state index in [1.165, 1.54) is 12.1 Å². The molecule has 0 aliphatic heterocycles. The fourth-order valence-corrected chi connectivity index (χ4v) is 2.55. The van der Waals surface area contributed by atoms with E-state index >= 15 is 0 Å². The number of carboxylic acid groups (broad SMARTS) is 1. The van der Waals surface area contributed by atoms with Gasteiger partial charge in [0.15, 0.2) is 0 Å². The summed E-state index contributed by atoms with van der Waals surface area (Å²) in [6.45, 7) is 11.7. The van der Waals surface area contributed by atoms with Crippen LogP contribution in [0.25, 0.3) is 0 Å². The van der Waals surface area contributed by atoms with Crippen molar-refractivity contribution in [2.75, 3.05) is 13.2 Å². The molecule has 9 heteroatoms. The van der Waals surface area contributed by atoms with Crippen molar-refractivity contribution in [3.05, 3.63) is 23.8 Å². The van der Waals surface area contributed by atoms with E-state index in [0.717, 1.165) is 16.9 Å². The van der Waals surface area contributed by atoms with Gasteiger partial charge < -0.3 is 0 Å². The summed E-state index contributed by atoms with van der Waals surface area (Å²) in [5, 5.41) is 9.13. The summed E-state index contributed by atoms with van der Waals surface area (Å²) in [7, 11) is 0. The Morgan fingerprint density at radius 1 is 0.900 bits per heavy atom. The van der Waals surface area contributed by atoms with Crippen LogP contribution in [0.5, 0.6) is 11.5 Å². The molecule has 0 heterocycles. The summed E-state index contributed by atoms with van der Waals surface area (Å²) >= 11 is 1.07. The van der Waals surface area contributed by atoms with Gasteiger partial charge in [0.1, 0.15) is 0 Å². The van der Waals surface area contributed by atoms with Crippen LogP contribution in [0.2, 0.25) is 4.71 Å². The standard InChI is InChI=1S/C21H31AsO8/c1-20(2,3)11-27-18(25)29-15-8-7-13(9-14(22)17(23)24)10-16(15)30-19(26)28-12-21(4,5)6/h7-8,10,14H,9,11-12,22H2,1-6H3,(H,23,24)/t14-/m0/s1. The minimum absolute atomic E-state index is 0.0288. The molecule has 0 saturated heterocycles. The van der Waals surface area contributed by atoms with E-state index in [1.807, 2.05) is 41.5 Å². The van der Waals surface area contributed by atoms with Gasteiger partial charge in [0.05, 0.1) is 0 Å². The molecule has 168 valence electrons. The second-order valence-electron chi connectivity index (χ2n) is 9.33. The van der Waals surface area contributed by atoms with Crippen LogP contribution in [-0.2, 0) is 20.7 Å². The van der Waals surface area contributed by atoms with Gasteiger partial charge in [0.25, 0.3) is 0 Å². The zero-order valence-electron chi connectivity index (χ0n) is 18.3. The van der Waals surface area contributed by atoms with Crippen molar-refractivity contribution in [3.63, 3.8) is 0 Å². The number of rotatable bonds is 7. The van der Waals surface area contributed by atoms with Gasteiger partial charge in [0.2, 0.25) is 0 Å². The van der Waals surface area contributed by atoms with Crippen LogP contribution < -0.4 is 9.47 Å². The van der Waals surface area contributed by atoms with Crippen molar-refractivity contribution in [3.8, 4) is 11.5 Å². The summed E-state index contributed by atoms with van der Waals surface area (Å²) in [5.41, 5.74) is 0.115. The fourth-order valence-electron chi connectivity index (χ4n) is 1.97. The summed E-state index contributed by atoms with van der Waals surface area (Å²) in [6, 6.07) is 4.50. The molecule has 1 unspecified atom stereocenters. The van der Waals surface area contributed by atoms with Gasteiger partial charge in [-0.1, -0.05) is 0 Å². The molecule has 0 fully saturated rings. The van der Waals surface area contributed by atoms with E-state index in [9.17, 15) is 14.4 Å². The van der Waals surface area contributed by atoms with Crippen LogP contribution in [-0.4, -0.2) is 53.5 Å². The van der Waals surface area contributed by atoms with Crippen LogP contribution in [0.4, 0.5) is 9.59 Å². The van der Waals surface area contributed by atoms with Crippen LogP contribution in [0.1, 0.15) is 47.1 Å². The van der Waals surface area contributed by atoms with Gasteiger partial charge in [-0.2, -0.15) is 0 Å². The molecule has 1 N–H and O–H groups in total. The molecule has 1 rings (SSSR count). The Morgan fingerprint density at radius 2 is 1.37 bits per heavy atom. The Labute approximate surface area is 185 Å². The monoisotopic (exact) mass is 486 g/mol. The predicted octanol–water partition coefficient (Wildman–Crippen LogP) is 3.86. The Morgan fingerprint density at radius 3 is 1.80 bits per heavy atom. The average molecular weight is 486 g/mol. The first-order valence-electron chi connectivity index (χ1n) is 9.47. The van der Waals surface area contributed by atoms with E-state index in [1.54, 1.807) is 6.07 Å². The maximum absolute atomic E-state index is 12.1. The van der Waals surface area contributed by atoms with Crippen LogP contribution in [0, 0.1) is 10.8 Å². The number of hydrogen-bond acceptors (Lipinski definition) is 7. The second-order valence-corrected chi connectivity index (χ2v) is 11.0. The van der Waals surface area contributed by atoms with Gasteiger partial charge in [-0.15, -0.1) is 0 Å². The van der Waals surface area contributed by atoms with E-state index in [0.29, 0.717) is 5.56 Å². The third kappa shape index (κ3) is 10.5. The van der Waals surface area contributed by atoms with Crippen molar-refractivity contribution in [1.29, 1.82) is 0 Å². The third-order valence-electron chi connectivity index (χ3n) is 3.41. The molecular formula is C21H31AsO8. The normalized spacial score (nSPS) is 12.6. The number of aliphatic carboxylic acids is 1. The number of carbonyl (C=O) groups is 3. The number of carbonyl (C=O) groups excluding carboxylic acids is 2. The Kier molecular flexibility index (Phi) is 9.22. The van der Waals surface area contributed by atoms with E-state index in [-0.39, 0.29) is 42.0 Å². The Bertz CT molecular complexity index is 761. The molecule has 2 atom stereocenters. The van der Waals surface area contributed by atoms with Gasteiger partial charge >= 0.3 is 186 Å². The van der Waals surface area contributed by atoms with Crippen molar-refractivity contribution in [2.24, 2.45) is 10.8 Å². The summed E-state index contributed by atoms with van der Waals surface area (Å²) in [4.78, 5) is 35.2. The predicted molar refractivity (Wildman–Crippen MR) is 113 cm³/mol. The number of hydrogen-bond donors (Lipinski definition) is 1. The third-order valence-corrected chi connectivity index (χ3v) is 4.51. The van der Waals surface area contributed by atoms with Crippen LogP contribution >= 0.6 is 0 Å². The number of carboxylic acids is 1. The quantitative estimate of drug-likeness (QED) is 0.352. The topological polar surface area (TPSA) is 108 Å². The Hall–Kier alpha value is -2.21. The van der Waals surface area contributed by atoms with Crippen molar-refractivity contribution in [1.82, 2.24) is 0 Å². The number of ether oxygens (including phenoxy) is 4. The molecule has 0 aromatic heterocycles.